The Morgan fingerprint density at radius 3 is 2.54 bits per heavy atom. The van der Waals surface area contributed by atoms with E-state index in [2.05, 4.69) is 10.3 Å². The molecule has 0 saturated carbocycles. The lowest BCUT2D eigenvalue weighted by atomic mass is 10.1. The molecule has 0 atom stereocenters. The van der Waals surface area contributed by atoms with Gasteiger partial charge in [-0.25, -0.2) is 4.98 Å². The predicted molar refractivity (Wildman–Crippen MR) is 97.9 cm³/mol. The Kier molecular flexibility index (Phi) is 4.24. The van der Waals surface area contributed by atoms with Gasteiger partial charge >= 0.3 is 0 Å². The smallest absolute Gasteiger partial charge is 0.262 e. The van der Waals surface area contributed by atoms with Crippen molar-refractivity contribution in [2.24, 2.45) is 0 Å². The van der Waals surface area contributed by atoms with Crippen LogP contribution in [-0.4, -0.2) is 15.5 Å². The summed E-state index contributed by atoms with van der Waals surface area (Å²) < 4.78 is 1.37. The number of amides is 1. The van der Waals surface area contributed by atoms with E-state index >= 15 is 0 Å². The van der Waals surface area contributed by atoms with Gasteiger partial charge in [-0.2, -0.15) is 0 Å². The first-order valence-electron chi connectivity index (χ1n) is 7.69. The first-order chi connectivity index (χ1) is 11.4. The number of para-hydroxylation sites is 1. The van der Waals surface area contributed by atoms with Gasteiger partial charge in [-0.15, -0.1) is 11.3 Å². The molecule has 24 heavy (non-hydrogen) atoms. The second-order valence-electron chi connectivity index (χ2n) is 5.96. The van der Waals surface area contributed by atoms with E-state index < -0.39 is 0 Å². The van der Waals surface area contributed by atoms with E-state index in [1.54, 1.807) is 0 Å². The number of aryl methyl sites for hydroxylation is 4. The molecule has 0 saturated heterocycles. The quantitative estimate of drug-likeness (QED) is 0.795. The van der Waals surface area contributed by atoms with Crippen molar-refractivity contribution in [3.8, 4) is 0 Å². The van der Waals surface area contributed by atoms with Gasteiger partial charge in [0.15, 0.2) is 0 Å². The number of hydrogen-bond acceptors (Lipinski definition) is 4. The summed E-state index contributed by atoms with van der Waals surface area (Å²) in [6.45, 7) is 7.72. The number of benzene rings is 1. The Balaban J connectivity index is 1.90. The van der Waals surface area contributed by atoms with Crippen LogP contribution >= 0.6 is 11.3 Å². The lowest BCUT2D eigenvalue weighted by Crippen LogP contribution is -2.28. The highest BCUT2D eigenvalue weighted by molar-refractivity contribution is 7.18. The van der Waals surface area contributed by atoms with E-state index in [0.29, 0.717) is 5.39 Å². The summed E-state index contributed by atoms with van der Waals surface area (Å²) >= 11 is 1.50. The molecule has 0 spiro atoms. The van der Waals surface area contributed by atoms with Gasteiger partial charge in [0.05, 0.1) is 11.7 Å². The van der Waals surface area contributed by atoms with Gasteiger partial charge in [-0.05, 0) is 44.4 Å². The summed E-state index contributed by atoms with van der Waals surface area (Å²) in [7, 11) is 0. The van der Waals surface area contributed by atoms with Gasteiger partial charge in [-0.1, -0.05) is 18.2 Å². The van der Waals surface area contributed by atoms with Gasteiger partial charge in [-0.3, -0.25) is 14.2 Å². The topological polar surface area (TPSA) is 64.0 Å². The molecule has 1 amide bonds. The minimum absolute atomic E-state index is 0.0517. The summed E-state index contributed by atoms with van der Waals surface area (Å²) in [6, 6.07) is 5.84. The van der Waals surface area contributed by atoms with Gasteiger partial charge in [0.25, 0.3) is 5.56 Å². The molecule has 0 fully saturated rings. The highest BCUT2D eigenvalue weighted by atomic mass is 32.1. The minimum atomic E-state index is -0.236. The highest BCUT2D eigenvalue weighted by Gasteiger charge is 2.14. The number of hydrogen-bond donors (Lipinski definition) is 1. The number of nitrogens with one attached hydrogen (secondary N) is 1. The maximum absolute atomic E-state index is 12.6. The predicted octanol–water partition coefficient (Wildman–Crippen LogP) is 3.33. The molecule has 2 heterocycles. The molecule has 5 nitrogen and oxygen atoms in total. The van der Waals surface area contributed by atoms with E-state index in [0.717, 1.165) is 32.1 Å². The number of rotatable bonds is 3. The zero-order valence-corrected chi connectivity index (χ0v) is 15.0. The SMILES string of the molecule is Cc1cccc(C)c1NC(=O)Cn1cnc2sc(C)c(C)c2c1=O. The van der Waals surface area contributed by atoms with Crippen LogP contribution in [0.2, 0.25) is 0 Å². The van der Waals surface area contributed by atoms with Gasteiger partial charge in [0, 0.05) is 10.6 Å². The van der Waals surface area contributed by atoms with Gasteiger partial charge < -0.3 is 5.32 Å². The molecule has 0 radical (unpaired) electrons. The molecule has 6 heteroatoms. The second kappa shape index (κ2) is 6.20. The van der Waals surface area contributed by atoms with Crippen molar-refractivity contribution in [1.82, 2.24) is 9.55 Å². The summed E-state index contributed by atoms with van der Waals surface area (Å²) in [6.07, 6.45) is 1.45. The molecule has 0 bridgehead atoms. The standard InChI is InChI=1S/C18H19N3O2S/c1-10-6-5-7-11(2)16(10)20-14(22)8-21-9-19-17-15(18(21)23)12(3)13(4)24-17/h5-7,9H,8H2,1-4H3,(H,20,22). The van der Waals surface area contributed by atoms with Crippen molar-refractivity contribution < 1.29 is 4.79 Å². The minimum Gasteiger partial charge on any atom is -0.324 e. The highest BCUT2D eigenvalue weighted by Crippen LogP contribution is 2.25. The average Bonchev–Trinajstić information content (AvgIpc) is 2.82. The number of fused-ring (bicyclic) bond motifs is 1. The van der Waals surface area contributed by atoms with E-state index in [1.165, 1.54) is 22.2 Å². The maximum Gasteiger partial charge on any atom is 0.262 e. The van der Waals surface area contributed by atoms with Crippen molar-refractivity contribution in [1.29, 1.82) is 0 Å². The van der Waals surface area contributed by atoms with Crippen LogP contribution in [0.1, 0.15) is 21.6 Å². The van der Waals surface area contributed by atoms with Crippen molar-refractivity contribution in [3.63, 3.8) is 0 Å². The van der Waals surface area contributed by atoms with Crippen LogP contribution in [0.3, 0.4) is 0 Å². The first-order valence-corrected chi connectivity index (χ1v) is 8.51. The lowest BCUT2D eigenvalue weighted by molar-refractivity contribution is -0.116. The number of carbonyl (C=O) groups is 1. The van der Waals surface area contributed by atoms with Crippen molar-refractivity contribution in [2.45, 2.75) is 34.2 Å². The molecule has 124 valence electrons. The van der Waals surface area contributed by atoms with Gasteiger partial charge in [0.2, 0.25) is 5.91 Å². The molecule has 3 aromatic rings. The fraction of sp³-hybridized carbons (Fsp3) is 0.278. The summed E-state index contributed by atoms with van der Waals surface area (Å²) in [4.78, 5) is 31.1. The molecule has 1 N–H and O–H groups in total. The molecular formula is C18H19N3O2S. The van der Waals surface area contributed by atoms with Crippen molar-refractivity contribution in [3.05, 3.63) is 56.4 Å². The van der Waals surface area contributed by atoms with Crippen LogP contribution in [0, 0.1) is 27.7 Å². The van der Waals surface area contributed by atoms with Crippen molar-refractivity contribution in [2.75, 3.05) is 5.32 Å². The number of aromatic nitrogens is 2. The third-order valence-corrected chi connectivity index (χ3v) is 5.33. The summed E-state index contributed by atoms with van der Waals surface area (Å²) in [5, 5.41) is 3.51. The van der Waals surface area contributed by atoms with Crippen LogP contribution < -0.4 is 10.9 Å². The van der Waals surface area contributed by atoms with E-state index in [1.807, 2.05) is 45.9 Å². The molecule has 0 aliphatic carbocycles. The Morgan fingerprint density at radius 1 is 1.21 bits per heavy atom. The molecule has 1 aromatic carbocycles. The molecule has 0 aliphatic rings. The normalized spacial score (nSPS) is 11.0. The van der Waals surface area contributed by atoms with E-state index in [-0.39, 0.29) is 18.0 Å². The Hall–Kier alpha value is -2.47. The monoisotopic (exact) mass is 341 g/mol. The molecule has 2 aromatic heterocycles. The second-order valence-corrected chi connectivity index (χ2v) is 7.16. The zero-order chi connectivity index (χ0) is 17.4. The average molecular weight is 341 g/mol. The van der Waals surface area contributed by atoms with Crippen molar-refractivity contribution >= 4 is 33.1 Å². The molecule has 0 unspecified atom stereocenters. The maximum atomic E-state index is 12.6. The fourth-order valence-electron chi connectivity index (χ4n) is 2.73. The van der Waals surface area contributed by atoms with Crippen LogP contribution in [0.4, 0.5) is 5.69 Å². The number of carbonyl (C=O) groups excluding carboxylic acids is 1. The zero-order valence-electron chi connectivity index (χ0n) is 14.1. The molecule has 3 rings (SSSR count). The Morgan fingerprint density at radius 2 is 1.88 bits per heavy atom. The van der Waals surface area contributed by atoms with E-state index in [4.69, 9.17) is 0 Å². The summed E-state index contributed by atoms with van der Waals surface area (Å²) in [5.74, 6) is -0.236. The summed E-state index contributed by atoms with van der Waals surface area (Å²) in [5.41, 5.74) is 3.56. The molecule has 0 aliphatic heterocycles. The number of anilines is 1. The largest absolute Gasteiger partial charge is 0.324 e. The Bertz CT molecular complexity index is 981. The van der Waals surface area contributed by atoms with Gasteiger partial charge in [0.1, 0.15) is 11.4 Å². The first kappa shape index (κ1) is 16.4. The van der Waals surface area contributed by atoms with Crippen LogP contribution in [0.15, 0.2) is 29.3 Å². The fourth-order valence-corrected chi connectivity index (χ4v) is 3.72. The van der Waals surface area contributed by atoms with E-state index in [9.17, 15) is 9.59 Å². The number of thiophene rings is 1. The lowest BCUT2D eigenvalue weighted by Gasteiger charge is -2.12. The number of nitrogens with zero attached hydrogens (tertiary/aromatic N) is 2. The third kappa shape index (κ3) is 2.85. The molecular weight excluding hydrogens is 322 g/mol. The van der Waals surface area contributed by atoms with Crippen LogP contribution in [-0.2, 0) is 11.3 Å². The van der Waals surface area contributed by atoms with Crippen LogP contribution in [0.25, 0.3) is 10.2 Å². The van der Waals surface area contributed by atoms with Crippen LogP contribution in [0.5, 0.6) is 0 Å². The third-order valence-electron chi connectivity index (χ3n) is 4.22. The Labute approximate surface area is 144 Å².